The lowest BCUT2D eigenvalue weighted by molar-refractivity contribution is -0.263. The average molecular weight is 520 g/mol. The Morgan fingerprint density at radius 1 is 1.12 bits per heavy atom. The van der Waals surface area contributed by atoms with Gasteiger partial charge in [0.2, 0.25) is 9.84 Å². The van der Waals surface area contributed by atoms with Gasteiger partial charge in [-0.1, -0.05) is 35.9 Å². The molecule has 3 aromatic rings. The lowest BCUT2D eigenvalue weighted by Gasteiger charge is -2.35. The minimum atomic E-state index is -5.20. The molecule has 1 aromatic heterocycles. The van der Waals surface area contributed by atoms with Crippen LogP contribution in [0.25, 0.3) is 0 Å². The Hall–Kier alpha value is -2.60. The summed E-state index contributed by atoms with van der Waals surface area (Å²) in [7, 11) is -3.97. The summed E-state index contributed by atoms with van der Waals surface area (Å²) in [6, 6.07) is 8.92. The van der Waals surface area contributed by atoms with E-state index in [4.69, 9.17) is 11.6 Å². The van der Waals surface area contributed by atoms with E-state index in [2.05, 4.69) is 5.32 Å². The lowest BCUT2D eigenvalue weighted by atomic mass is 9.89. The zero-order chi connectivity index (χ0) is 24.6. The maximum absolute atomic E-state index is 13.7. The van der Waals surface area contributed by atoms with Crippen molar-refractivity contribution in [1.82, 2.24) is 5.32 Å². The van der Waals surface area contributed by atoms with Crippen molar-refractivity contribution in [1.29, 1.82) is 0 Å². The Morgan fingerprint density at radius 2 is 1.79 bits per heavy atom. The molecule has 1 amide bonds. The van der Waals surface area contributed by atoms with Gasteiger partial charge in [-0.15, -0.1) is 11.3 Å². The number of carbonyl (C=O) groups is 1. The fraction of sp³-hybridized carbons (Fsp3) is 0.190. The number of sulfone groups is 1. The number of phenols is 1. The minimum absolute atomic E-state index is 0.0120. The normalized spacial score (nSPS) is 15.0. The fourth-order valence-electron chi connectivity index (χ4n) is 3.00. The van der Waals surface area contributed by atoms with Crippen LogP contribution in [0.1, 0.15) is 28.9 Å². The van der Waals surface area contributed by atoms with E-state index in [9.17, 15) is 36.6 Å². The van der Waals surface area contributed by atoms with Crippen LogP contribution in [0.4, 0.5) is 13.2 Å². The zero-order valence-electron chi connectivity index (χ0n) is 16.8. The molecule has 12 heteroatoms. The van der Waals surface area contributed by atoms with Crippen molar-refractivity contribution in [3.05, 3.63) is 76.1 Å². The van der Waals surface area contributed by atoms with Gasteiger partial charge in [-0.2, -0.15) is 13.2 Å². The molecule has 3 rings (SSSR count). The predicted molar refractivity (Wildman–Crippen MR) is 116 cm³/mol. The van der Waals surface area contributed by atoms with Crippen molar-refractivity contribution in [3.63, 3.8) is 0 Å². The van der Waals surface area contributed by atoms with Gasteiger partial charge in [-0.25, -0.2) is 8.42 Å². The van der Waals surface area contributed by atoms with Crippen LogP contribution in [0.2, 0.25) is 5.02 Å². The smallest absolute Gasteiger partial charge is 0.419 e. The molecule has 0 radical (unpaired) electrons. The molecule has 176 valence electrons. The molecule has 2 unspecified atom stereocenters. The number of amides is 1. The van der Waals surface area contributed by atoms with Crippen LogP contribution in [0.5, 0.6) is 5.75 Å². The van der Waals surface area contributed by atoms with Crippen LogP contribution in [-0.2, 0) is 9.84 Å². The van der Waals surface area contributed by atoms with Crippen molar-refractivity contribution < 1.29 is 36.6 Å². The number of benzene rings is 2. The van der Waals surface area contributed by atoms with Gasteiger partial charge < -0.3 is 15.5 Å². The molecule has 2 aromatic carbocycles. The second-order valence-corrected chi connectivity index (χ2v) is 10.7. The topological polar surface area (TPSA) is 104 Å². The van der Waals surface area contributed by atoms with Crippen molar-refractivity contribution in [3.8, 4) is 5.75 Å². The number of carbonyl (C=O) groups excluding carboxylic acids is 1. The van der Waals surface area contributed by atoms with Crippen LogP contribution in [0, 0.1) is 0 Å². The summed E-state index contributed by atoms with van der Waals surface area (Å²) >= 11 is 7.12. The van der Waals surface area contributed by atoms with Crippen LogP contribution < -0.4 is 5.32 Å². The van der Waals surface area contributed by atoms with Crippen LogP contribution in [-0.4, -0.2) is 36.3 Å². The van der Waals surface area contributed by atoms with Gasteiger partial charge >= 0.3 is 6.18 Å². The van der Waals surface area contributed by atoms with Gasteiger partial charge in [0, 0.05) is 5.02 Å². The summed E-state index contributed by atoms with van der Waals surface area (Å²) in [5, 5.41) is 23.4. The van der Waals surface area contributed by atoms with Gasteiger partial charge in [0.1, 0.15) is 9.96 Å². The van der Waals surface area contributed by atoms with Crippen molar-refractivity contribution >= 4 is 38.7 Å². The average Bonchev–Trinajstić information content (AvgIpc) is 3.27. The van der Waals surface area contributed by atoms with Crippen molar-refractivity contribution in [2.75, 3.05) is 0 Å². The monoisotopic (exact) mass is 519 g/mol. The summed E-state index contributed by atoms with van der Waals surface area (Å²) in [5.41, 5.74) is -4.19. The summed E-state index contributed by atoms with van der Waals surface area (Å²) in [4.78, 5) is 12.4. The Balaban J connectivity index is 2.08. The van der Waals surface area contributed by atoms with E-state index in [1.54, 1.807) is 5.38 Å². The fourth-order valence-corrected chi connectivity index (χ4v) is 5.78. The van der Waals surface area contributed by atoms with E-state index in [0.29, 0.717) is 6.92 Å². The second-order valence-electron chi connectivity index (χ2n) is 7.19. The Morgan fingerprint density at radius 3 is 2.33 bits per heavy atom. The van der Waals surface area contributed by atoms with Gasteiger partial charge in [-0.05, 0) is 48.2 Å². The van der Waals surface area contributed by atoms with E-state index in [1.807, 2.05) is 0 Å². The Bertz CT molecular complexity index is 1280. The number of hydrogen-bond donors (Lipinski definition) is 3. The number of rotatable bonds is 6. The number of alkyl halides is 3. The molecular formula is C21H17ClF3NO5S2. The maximum Gasteiger partial charge on any atom is 0.419 e. The highest BCUT2D eigenvalue weighted by Crippen LogP contribution is 2.42. The number of aromatic hydroxyl groups is 1. The van der Waals surface area contributed by atoms with Gasteiger partial charge in [0.15, 0.2) is 5.60 Å². The van der Waals surface area contributed by atoms with Gasteiger partial charge in [0.05, 0.1) is 16.5 Å². The van der Waals surface area contributed by atoms with Gasteiger partial charge in [0.25, 0.3) is 5.91 Å². The highest BCUT2D eigenvalue weighted by molar-refractivity contribution is 7.93. The third-order valence-electron chi connectivity index (χ3n) is 4.91. The molecule has 2 atom stereocenters. The molecule has 0 aliphatic carbocycles. The van der Waals surface area contributed by atoms with Crippen molar-refractivity contribution in [2.24, 2.45) is 0 Å². The molecule has 0 fully saturated rings. The molecule has 0 saturated carbocycles. The maximum atomic E-state index is 13.7. The lowest BCUT2D eigenvalue weighted by Crippen LogP contribution is -2.53. The largest absolute Gasteiger partial charge is 0.507 e. The molecular weight excluding hydrogens is 503 g/mol. The second kappa shape index (κ2) is 8.98. The molecule has 0 spiro atoms. The molecule has 1 heterocycles. The first-order chi connectivity index (χ1) is 15.3. The van der Waals surface area contributed by atoms with Crippen molar-refractivity contribution in [2.45, 2.75) is 33.8 Å². The number of para-hydroxylation sites is 1. The summed E-state index contributed by atoms with van der Waals surface area (Å²) in [6.07, 6.45) is -5.20. The number of thiophene rings is 1. The number of hydrogen-bond acceptors (Lipinski definition) is 6. The first-order valence-electron chi connectivity index (χ1n) is 9.23. The summed E-state index contributed by atoms with van der Waals surface area (Å²) in [5.74, 6) is -1.59. The molecule has 0 aliphatic rings. The van der Waals surface area contributed by atoms with Crippen LogP contribution in [0.3, 0.4) is 0 Å². The van der Waals surface area contributed by atoms with Crippen LogP contribution in [0.15, 0.2) is 69.1 Å². The number of aliphatic hydroxyl groups is 1. The summed E-state index contributed by atoms with van der Waals surface area (Å²) < 4.78 is 66.5. The van der Waals surface area contributed by atoms with Gasteiger partial charge in [-0.3, -0.25) is 4.79 Å². The third-order valence-corrected chi connectivity index (χ3v) is 8.39. The van der Waals surface area contributed by atoms with E-state index >= 15 is 0 Å². The molecule has 0 bridgehead atoms. The van der Waals surface area contributed by atoms with E-state index in [-0.39, 0.29) is 20.2 Å². The molecule has 33 heavy (non-hydrogen) atoms. The minimum Gasteiger partial charge on any atom is -0.507 e. The molecule has 0 saturated heterocycles. The summed E-state index contributed by atoms with van der Waals surface area (Å²) in [6.45, 7) is 0.454. The number of phenolic OH excluding ortho intramolecular Hbond substituents is 1. The molecule has 3 N–H and O–H groups in total. The van der Waals surface area contributed by atoms with Crippen LogP contribution >= 0.6 is 22.9 Å². The molecule has 6 nitrogen and oxygen atoms in total. The number of halogens is 4. The standard InChI is InChI=1S/C21H17ClF3NO5S2/c1-20(29,21(23,24)25)18(26-19(28)14-5-2-3-6-16(14)27)13-9-8-12(11-15(13)22)33(30,31)17-7-4-10-32-17/h2-11,18,27,29H,1H3,(H,26,28). The van der Waals surface area contributed by atoms with E-state index in [1.165, 1.54) is 36.4 Å². The SMILES string of the molecule is CC(O)(C(NC(=O)c1ccccc1O)c1ccc(S(=O)(=O)c2cccs2)cc1Cl)C(F)(F)F. The first kappa shape index (κ1) is 25.0. The first-order valence-corrected chi connectivity index (χ1v) is 12.0. The third kappa shape index (κ3) is 4.86. The number of nitrogens with one attached hydrogen (secondary N) is 1. The van der Waals surface area contributed by atoms with E-state index < -0.39 is 44.3 Å². The predicted octanol–water partition coefficient (Wildman–Crippen LogP) is 4.72. The van der Waals surface area contributed by atoms with E-state index in [0.717, 1.165) is 29.5 Å². The Labute approximate surface area is 196 Å². The zero-order valence-corrected chi connectivity index (χ0v) is 19.2. The molecule has 0 aliphatic heterocycles. The Kier molecular flexibility index (Phi) is 6.81. The highest BCUT2D eigenvalue weighted by Gasteiger charge is 2.56. The highest BCUT2D eigenvalue weighted by atomic mass is 35.5. The quantitative estimate of drug-likeness (QED) is 0.437.